The summed E-state index contributed by atoms with van der Waals surface area (Å²) in [4.78, 5) is 0. The van der Waals surface area contributed by atoms with Gasteiger partial charge in [-0.1, -0.05) is 69.0 Å². The molecule has 0 radical (unpaired) electrons. The first-order valence-electron chi connectivity index (χ1n) is 14.0. The Labute approximate surface area is 193 Å². The van der Waals surface area contributed by atoms with Gasteiger partial charge in [0, 0.05) is 0 Å². The molecule has 3 aliphatic carbocycles. The molecule has 0 aromatic heterocycles. The molecule has 1 aromatic rings. The molecule has 31 heavy (non-hydrogen) atoms. The van der Waals surface area contributed by atoms with E-state index >= 15 is 0 Å². The summed E-state index contributed by atoms with van der Waals surface area (Å²) in [5.41, 5.74) is 3.11. The van der Waals surface area contributed by atoms with Gasteiger partial charge in [0.2, 0.25) is 0 Å². The number of benzene rings is 1. The highest BCUT2D eigenvalue weighted by Crippen LogP contribution is 2.50. The van der Waals surface area contributed by atoms with Crippen LogP contribution in [0.25, 0.3) is 0 Å². The standard InChI is InChI=1S/C31H48/c1-3-5-7-9-24-10-13-26(14-11-24)27-16-18-28(19-17-27)30-21-20-29-22-25(8-6-4-2)12-15-31(29)23-30/h3,5,10-11,13-14,25,27-31H,4,6-9,12,15-23H2,1-2H3/b5-3+. The van der Waals surface area contributed by atoms with Crippen LogP contribution in [0, 0.1) is 29.6 Å². The van der Waals surface area contributed by atoms with Crippen LogP contribution in [0.15, 0.2) is 36.4 Å². The molecule has 1 aromatic carbocycles. The predicted octanol–water partition coefficient (Wildman–Crippen LogP) is 9.49. The fourth-order valence-corrected chi connectivity index (χ4v) is 7.50. The molecule has 3 fully saturated rings. The van der Waals surface area contributed by atoms with Crippen molar-refractivity contribution in [3.63, 3.8) is 0 Å². The number of rotatable bonds is 8. The fourth-order valence-electron chi connectivity index (χ4n) is 7.50. The smallest absolute Gasteiger partial charge is 0.0162 e. The van der Waals surface area contributed by atoms with E-state index < -0.39 is 0 Å². The van der Waals surface area contributed by atoms with Gasteiger partial charge in [0.1, 0.15) is 0 Å². The second-order valence-corrected chi connectivity index (χ2v) is 11.4. The Morgan fingerprint density at radius 1 is 0.774 bits per heavy atom. The van der Waals surface area contributed by atoms with E-state index in [0.29, 0.717) is 0 Å². The highest BCUT2D eigenvalue weighted by molar-refractivity contribution is 5.26. The molecule has 0 heteroatoms. The first-order chi connectivity index (χ1) is 15.3. The van der Waals surface area contributed by atoms with Crippen LogP contribution in [0.2, 0.25) is 0 Å². The Kier molecular flexibility index (Phi) is 8.74. The molecule has 0 amide bonds. The average molecular weight is 421 g/mol. The molecule has 0 bridgehead atoms. The normalized spacial score (nSPS) is 34.0. The minimum absolute atomic E-state index is 0.825. The van der Waals surface area contributed by atoms with E-state index in [1.54, 1.807) is 44.1 Å². The van der Waals surface area contributed by atoms with Crippen LogP contribution < -0.4 is 0 Å². The van der Waals surface area contributed by atoms with E-state index in [2.05, 4.69) is 50.3 Å². The zero-order valence-electron chi connectivity index (χ0n) is 20.5. The van der Waals surface area contributed by atoms with Gasteiger partial charge in [0.25, 0.3) is 0 Å². The summed E-state index contributed by atoms with van der Waals surface area (Å²) in [5.74, 6) is 6.17. The Morgan fingerprint density at radius 3 is 2.13 bits per heavy atom. The molecular formula is C31H48. The molecule has 0 saturated heterocycles. The van der Waals surface area contributed by atoms with Crippen LogP contribution in [0.5, 0.6) is 0 Å². The highest BCUT2D eigenvalue weighted by Gasteiger charge is 2.38. The number of hydrogen-bond donors (Lipinski definition) is 0. The van der Waals surface area contributed by atoms with Crippen LogP contribution in [-0.2, 0) is 6.42 Å². The van der Waals surface area contributed by atoms with Crippen molar-refractivity contribution in [1.82, 2.24) is 0 Å². The van der Waals surface area contributed by atoms with Gasteiger partial charge in [-0.3, -0.25) is 0 Å². The summed E-state index contributed by atoms with van der Waals surface area (Å²) in [6, 6.07) is 9.67. The third-order valence-corrected chi connectivity index (χ3v) is 9.45. The van der Waals surface area contributed by atoms with Crippen LogP contribution in [0.3, 0.4) is 0 Å². The van der Waals surface area contributed by atoms with Crippen molar-refractivity contribution in [2.24, 2.45) is 29.6 Å². The maximum absolute atomic E-state index is 2.44. The van der Waals surface area contributed by atoms with Crippen LogP contribution in [0.1, 0.15) is 121 Å². The summed E-state index contributed by atoms with van der Waals surface area (Å²) in [6.45, 7) is 4.47. The van der Waals surface area contributed by atoms with E-state index in [1.807, 2.05) is 0 Å². The van der Waals surface area contributed by atoms with Crippen molar-refractivity contribution < 1.29 is 0 Å². The molecular weight excluding hydrogens is 372 g/mol. The summed E-state index contributed by atoms with van der Waals surface area (Å²) in [7, 11) is 0. The first-order valence-corrected chi connectivity index (χ1v) is 14.0. The lowest BCUT2D eigenvalue weighted by atomic mass is 9.60. The monoisotopic (exact) mass is 420 g/mol. The number of fused-ring (bicyclic) bond motifs is 1. The van der Waals surface area contributed by atoms with Crippen molar-refractivity contribution >= 4 is 0 Å². The van der Waals surface area contributed by atoms with E-state index in [4.69, 9.17) is 0 Å². The zero-order valence-corrected chi connectivity index (χ0v) is 20.5. The lowest BCUT2D eigenvalue weighted by Crippen LogP contribution is -2.34. The number of aryl methyl sites for hydroxylation is 1. The van der Waals surface area contributed by atoms with Gasteiger partial charge < -0.3 is 0 Å². The van der Waals surface area contributed by atoms with Crippen LogP contribution >= 0.6 is 0 Å². The number of hydrogen-bond acceptors (Lipinski definition) is 0. The maximum atomic E-state index is 2.44. The van der Waals surface area contributed by atoms with Gasteiger partial charge in [-0.2, -0.15) is 0 Å². The van der Waals surface area contributed by atoms with Crippen molar-refractivity contribution in [2.45, 2.75) is 116 Å². The van der Waals surface area contributed by atoms with Crippen molar-refractivity contribution in [1.29, 1.82) is 0 Å². The Balaban J connectivity index is 1.22. The topological polar surface area (TPSA) is 0 Å². The van der Waals surface area contributed by atoms with Crippen molar-refractivity contribution in [2.75, 3.05) is 0 Å². The third kappa shape index (κ3) is 6.27. The van der Waals surface area contributed by atoms with Crippen LogP contribution in [-0.4, -0.2) is 0 Å². The Hall–Kier alpha value is -1.04. The fraction of sp³-hybridized carbons (Fsp3) is 0.742. The minimum Gasteiger partial charge on any atom is -0.0917 e. The zero-order chi connectivity index (χ0) is 21.5. The second-order valence-electron chi connectivity index (χ2n) is 11.4. The van der Waals surface area contributed by atoms with E-state index in [-0.39, 0.29) is 0 Å². The van der Waals surface area contributed by atoms with Gasteiger partial charge in [0.05, 0.1) is 0 Å². The highest BCUT2D eigenvalue weighted by atomic mass is 14.4. The SMILES string of the molecule is C/C=C/CCc1ccc(C2CCC(C3CCC4CC(CCCC)CCC4C3)CC2)cc1. The largest absolute Gasteiger partial charge is 0.0917 e. The van der Waals surface area contributed by atoms with E-state index in [0.717, 1.165) is 35.5 Å². The van der Waals surface area contributed by atoms with E-state index in [1.165, 1.54) is 63.4 Å². The molecule has 172 valence electrons. The molecule has 0 aliphatic heterocycles. The van der Waals surface area contributed by atoms with E-state index in [9.17, 15) is 0 Å². The van der Waals surface area contributed by atoms with Crippen LogP contribution in [0.4, 0.5) is 0 Å². The lowest BCUT2D eigenvalue weighted by Gasteiger charge is -2.45. The summed E-state index contributed by atoms with van der Waals surface area (Å²) < 4.78 is 0. The van der Waals surface area contributed by atoms with Gasteiger partial charge >= 0.3 is 0 Å². The number of allylic oxidation sites excluding steroid dienone is 2. The van der Waals surface area contributed by atoms with Gasteiger partial charge in [0.15, 0.2) is 0 Å². The molecule has 0 N–H and O–H groups in total. The molecule has 0 spiro atoms. The predicted molar refractivity (Wildman–Crippen MR) is 135 cm³/mol. The summed E-state index contributed by atoms with van der Waals surface area (Å²) >= 11 is 0. The molecule has 0 nitrogen and oxygen atoms in total. The maximum Gasteiger partial charge on any atom is -0.0162 e. The first kappa shape index (κ1) is 23.1. The third-order valence-electron chi connectivity index (χ3n) is 9.45. The number of unbranched alkanes of at least 4 members (excludes halogenated alkanes) is 1. The molecule has 4 unspecified atom stereocenters. The van der Waals surface area contributed by atoms with Gasteiger partial charge in [-0.05, 0) is 124 Å². The molecule has 4 rings (SSSR count). The molecule has 0 heterocycles. The van der Waals surface area contributed by atoms with Gasteiger partial charge in [-0.15, -0.1) is 0 Å². The average Bonchev–Trinajstić information content (AvgIpc) is 2.83. The van der Waals surface area contributed by atoms with Crippen molar-refractivity contribution in [3.05, 3.63) is 47.5 Å². The Bertz CT molecular complexity index is 660. The summed E-state index contributed by atoms with van der Waals surface area (Å²) in [6.07, 6.45) is 26.4. The van der Waals surface area contributed by atoms with Crippen molar-refractivity contribution in [3.8, 4) is 0 Å². The van der Waals surface area contributed by atoms with Gasteiger partial charge in [-0.25, -0.2) is 0 Å². The quantitative estimate of drug-likeness (QED) is 0.367. The Morgan fingerprint density at radius 2 is 1.42 bits per heavy atom. The molecule has 4 atom stereocenters. The minimum atomic E-state index is 0.825. The lowest BCUT2D eigenvalue weighted by molar-refractivity contribution is 0.0614. The molecule has 3 aliphatic rings. The second kappa shape index (κ2) is 11.7. The molecule has 3 saturated carbocycles. The summed E-state index contributed by atoms with van der Waals surface area (Å²) in [5, 5.41) is 0.